The van der Waals surface area contributed by atoms with Crippen LogP contribution in [0.4, 0.5) is 10.6 Å². The molecule has 1 aliphatic rings. The zero-order valence-electron chi connectivity index (χ0n) is 18.3. The van der Waals surface area contributed by atoms with Crippen molar-refractivity contribution < 1.29 is 65.8 Å². The molecule has 37 heavy (non-hydrogen) atoms. The minimum atomic E-state index is -5.78. The Morgan fingerprint density at radius 2 is 1.84 bits per heavy atom. The van der Waals surface area contributed by atoms with E-state index in [4.69, 9.17) is 30.7 Å². The summed E-state index contributed by atoms with van der Waals surface area (Å²) in [5.74, 6) is 0.00871. The topological polar surface area (TPSA) is 323 Å². The highest BCUT2D eigenvalue weighted by Gasteiger charge is 2.49. The summed E-state index contributed by atoms with van der Waals surface area (Å²) in [6, 6.07) is 0. The molecule has 0 radical (unpaired) electrons. The van der Waals surface area contributed by atoms with Crippen LogP contribution in [0.1, 0.15) is 6.23 Å². The van der Waals surface area contributed by atoms with Gasteiger partial charge < -0.3 is 50.9 Å². The van der Waals surface area contributed by atoms with Gasteiger partial charge in [-0.15, -0.1) is 0 Å². The van der Waals surface area contributed by atoms with Gasteiger partial charge in [0.15, 0.2) is 23.8 Å². The maximum absolute atomic E-state index is 12.1. The van der Waals surface area contributed by atoms with Crippen LogP contribution in [0.2, 0.25) is 0 Å². The fourth-order valence-electron chi connectivity index (χ4n) is 3.10. The first-order valence-corrected chi connectivity index (χ1v) is 14.3. The Morgan fingerprint density at radius 1 is 1.14 bits per heavy atom. The minimum Gasteiger partial charge on any atom is -0.440 e. The summed E-state index contributed by atoms with van der Waals surface area (Å²) < 4.78 is 58.2. The van der Waals surface area contributed by atoms with E-state index in [0.29, 0.717) is 0 Å². The van der Waals surface area contributed by atoms with Crippen LogP contribution in [0, 0.1) is 0 Å². The number of alkyl carbamates (subject to hydrolysis) is 1. The first-order valence-electron chi connectivity index (χ1n) is 9.82. The average molecular weight is 593 g/mol. The number of nitrogens with one attached hydrogen (secondary N) is 1. The number of hydrogen-bond donors (Lipinski definition) is 8. The summed E-state index contributed by atoms with van der Waals surface area (Å²) in [6.45, 7) is -0.963. The second kappa shape index (κ2) is 11.3. The van der Waals surface area contributed by atoms with Crippen molar-refractivity contribution in [3.8, 4) is 0 Å². The predicted octanol–water partition coefficient (Wildman–Crippen LogP) is -1.94. The molecule has 0 bridgehead atoms. The van der Waals surface area contributed by atoms with E-state index >= 15 is 0 Å². The minimum absolute atomic E-state index is 0.000490. The maximum Gasteiger partial charge on any atom is 0.490 e. The smallest absolute Gasteiger partial charge is 0.440 e. The zero-order valence-corrected chi connectivity index (χ0v) is 21.0. The maximum atomic E-state index is 12.1. The molecule has 0 aliphatic carbocycles. The van der Waals surface area contributed by atoms with Crippen LogP contribution in [0.5, 0.6) is 0 Å². The molecule has 0 saturated carbocycles. The molecular weight excluding hydrogens is 571 g/mol. The number of amides is 1. The molecule has 3 heterocycles. The average Bonchev–Trinajstić information content (AvgIpc) is 3.31. The number of nitrogens with two attached hydrogens (primary N) is 2. The number of fused-ring (bicyclic) bond motifs is 1. The van der Waals surface area contributed by atoms with Crippen LogP contribution in [-0.4, -0.2) is 88.3 Å². The van der Waals surface area contributed by atoms with Gasteiger partial charge in [-0.25, -0.2) is 33.4 Å². The lowest BCUT2D eigenvalue weighted by atomic mass is 10.1. The SMILES string of the molecule is NCCNC(=O)OC1C(COP(=O)(O)OP(=O)(O)OP(=O)(O)O)OC(n2cnc3c(N)ncnc32)C1O. The highest BCUT2D eigenvalue weighted by molar-refractivity contribution is 7.66. The first-order chi connectivity index (χ1) is 17.1. The third-order valence-corrected chi connectivity index (χ3v) is 8.25. The summed E-state index contributed by atoms with van der Waals surface area (Å²) in [4.78, 5) is 60.1. The number of ether oxygens (including phenoxy) is 2. The zero-order chi connectivity index (χ0) is 27.6. The fourth-order valence-corrected chi connectivity index (χ4v) is 6.13. The standard InChI is InChI=1S/C13H22N7O14P3/c14-1-2-16-13(22)32-9-6(3-30-36(26,27)34-37(28,29)33-35(23,24)25)31-12(8(9)21)20-5-19-7-10(15)17-4-18-11(7)20/h4-6,8-9,12,21H,1-3,14H2,(H,16,22)(H,26,27)(H,28,29)(H2,15,17,18)(H2,23,24,25). The van der Waals surface area contributed by atoms with Crippen molar-refractivity contribution in [1.82, 2.24) is 24.8 Å². The highest BCUT2D eigenvalue weighted by Crippen LogP contribution is 2.66. The van der Waals surface area contributed by atoms with Gasteiger partial charge in [-0.2, -0.15) is 8.62 Å². The number of hydrogen-bond acceptors (Lipinski definition) is 15. The number of carbonyl (C=O) groups is 1. The number of rotatable bonds is 11. The van der Waals surface area contributed by atoms with E-state index in [1.165, 1.54) is 10.9 Å². The fraction of sp³-hybridized carbons (Fsp3) is 0.538. The molecule has 3 rings (SSSR count). The number of aromatic nitrogens is 4. The predicted molar refractivity (Wildman–Crippen MR) is 117 cm³/mol. The lowest BCUT2D eigenvalue weighted by Gasteiger charge is -2.22. The van der Waals surface area contributed by atoms with Crippen molar-refractivity contribution in [2.75, 3.05) is 25.4 Å². The molecule has 1 aliphatic heterocycles. The Morgan fingerprint density at radius 3 is 2.49 bits per heavy atom. The van der Waals surface area contributed by atoms with Crippen LogP contribution >= 0.6 is 23.5 Å². The summed E-state index contributed by atoms with van der Waals surface area (Å²) in [6.07, 6.45) is -4.90. The lowest BCUT2D eigenvalue weighted by molar-refractivity contribution is -0.0508. The highest BCUT2D eigenvalue weighted by atomic mass is 31.3. The largest absolute Gasteiger partial charge is 0.490 e. The van der Waals surface area contributed by atoms with Gasteiger partial charge in [0.2, 0.25) is 0 Å². The molecule has 10 N–H and O–H groups in total. The second-order valence-electron chi connectivity index (χ2n) is 7.11. The Hall–Kier alpha value is -2.09. The Labute approximate surface area is 206 Å². The molecular formula is C13H22N7O14P3. The van der Waals surface area contributed by atoms with Crippen LogP contribution < -0.4 is 16.8 Å². The van der Waals surface area contributed by atoms with Crippen molar-refractivity contribution in [1.29, 1.82) is 0 Å². The van der Waals surface area contributed by atoms with Crippen molar-refractivity contribution in [2.24, 2.45) is 5.73 Å². The van der Waals surface area contributed by atoms with E-state index in [1.54, 1.807) is 0 Å². The van der Waals surface area contributed by atoms with Gasteiger partial charge in [0, 0.05) is 13.1 Å². The Bertz CT molecular complexity index is 1270. The van der Waals surface area contributed by atoms with Crippen LogP contribution in [0.25, 0.3) is 11.2 Å². The molecule has 6 unspecified atom stereocenters. The summed E-state index contributed by atoms with van der Waals surface area (Å²) in [7, 11) is -16.9. The van der Waals surface area contributed by atoms with Crippen molar-refractivity contribution >= 4 is 46.5 Å². The van der Waals surface area contributed by atoms with Gasteiger partial charge >= 0.3 is 29.6 Å². The number of carbonyl (C=O) groups excluding carboxylic acids is 1. The number of aliphatic hydroxyl groups excluding tert-OH is 1. The number of nitrogens with zero attached hydrogens (tertiary/aromatic N) is 4. The van der Waals surface area contributed by atoms with E-state index in [9.17, 15) is 33.4 Å². The lowest BCUT2D eigenvalue weighted by Crippen LogP contribution is -2.42. The summed E-state index contributed by atoms with van der Waals surface area (Å²) in [5, 5.41) is 13.1. The molecule has 6 atom stereocenters. The second-order valence-corrected chi connectivity index (χ2v) is 11.5. The summed E-state index contributed by atoms with van der Waals surface area (Å²) in [5.41, 5.74) is 11.3. The molecule has 208 valence electrons. The normalized spacial score (nSPS) is 25.5. The van der Waals surface area contributed by atoms with Gasteiger partial charge in [0.25, 0.3) is 0 Å². The van der Waals surface area contributed by atoms with Crippen molar-refractivity contribution in [3.05, 3.63) is 12.7 Å². The van der Waals surface area contributed by atoms with Gasteiger partial charge in [0.1, 0.15) is 24.1 Å². The molecule has 1 saturated heterocycles. The number of phosphoric acid groups is 3. The van der Waals surface area contributed by atoms with Crippen LogP contribution in [0.3, 0.4) is 0 Å². The van der Waals surface area contributed by atoms with E-state index in [1.807, 2.05) is 0 Å². The Balaban J connectivity index is 1.81. The monoisotopic (exact) mass is 593 g/mol. The quantitative estimate of drug-likeness (QED) is 0.131. The molecule has 0 aromatic carbocycles. The van der Waals surface area contributed by atoms with E-state index in [0.717, 1.165) is 6.33 Å². The van der Waals surface area contributed by atoms with E-state index in [2.05, 4.69) is 33.4 Å². The first kappa shape index (κ1) is 29.5. The summed E-state index contributed by atoms with van der Waals surface area (Å²) >= 11 is 0. The number of imidazole rings is 1. The van der Waals surface area contributed by atoms with Gasteiger partial charge in [-0.1, -0.05) is 0 Å². The van der Waals surface area contributed by atoms with Gasteiger partial charge in [-0.3, -0.25) is 9.09 Å². The van der Waals surface area contributed by atoms with E-state index < -0.39 is 60.7 Å². The number of anilines is 1. The number of nitrogen functional groups attached to an aromatic ring is 1. The third kappa shape index (κ3) is 7.71. The third-order valence-electron chi connectivity index (χ3n) is 4.45. The molecule has 1 fully saturated rings. The molecule has 2 aromatic heterocycles. The molecule has 1 amide bonds. The molecule has 21 nitrogen and oxygen atoms in total. The van der Waals surface area contributed by atoms with Crippen LogP contribution in [-0.2, 0) is 36.3 Å². The molecule has 2 aromatic rings. The van der Waals surface area contributed by atoms with Gasteiger partial charge in [0.05, 0.1) is 12.9 Å². The van der Waals surface area contributed by atoms with Gasteiger partial charge in [-0.05, 0) is 0 Å². The van der Waals surface area contributed by atoms with Crippen molar-refractivity contribution in [3.63, 3.8) is 0 Å². The van der Waals surface area contributed by atoms with E-state index in [-0.39, 0.29) is 30.1 Å². The molecule has 24 heteroatoms. The number of aliphatic hydroxyl groups is 1. The number of phosphoric ester groups is 1. The Kier molecular flexibility index (Phi) is 9.03. The van der Waals surface area contributed by atoms with Crippen LogP contribution in [0.15, 0.2) is 12.7 Å². The molecule has 0 spiro atoms. The van der Waals surface area contributed by atoms with Crippen molar-refractivity contribution in [2.45, 2.75) is 24.5 Å².